The summed E-state index contributed by atoms with van der Waals surface area (Å²) in [5.74, 6) is -0.964. The van der Waals surface area contributed by atoms with Crippen molar-refractivity contribution in [2.24, 2.45) is 0 Å². The molecule has 0 unspecified atom stereocenters. The zero-order valence-corrected chi connectivity index (χ0v) is 9.86. The summed E-state index contributed by atoms with van der Waals surface area (Å²) in [6, 6.07) is 6.29. The number of nitrogens with zero attached hydrogens (tertiary/aromatic N) is 1. The van der Waals surface area contributed by atoms with Gasteiger partial charge in [-0.1, -0.05) is 6.07 Å². The lowest BCUT2D eigenvalue weighted by Gasteiger charge is -2.08. The van der Waals surface area contributed by atoms with Crippen LogP contribution in [0.15, 0.2) is 47.6 Å². The predicted octanol–water partition coefficient (Wildman–Crippen LogP) is 1.73. The molecule has 18 heavy (non-hydrogen) atoms. The van der Waals surface area contributed by atoms with Crippen LogP contribution in [-0.2, 0) is 10.0 Å². The zero-order valence-electron chi connectivity index (χ0n) is 9.04. The Bertz CT molecular complexity index is 673. The number of anilines is 1. The van der Waals surface area contributed by atoms with Crippen LogP contribution >= 0.6 is 0 Å². The smallest absolute Gasteiger partial charge is 0.262 e. The predicted molar refractivity (Wildman–Crippen MR) is 63.1 cm³/mol. The second-order valence-corrected chi connectivity index (χ2v) is 5.14. The quantitative estimate of drug-likeness (QED) is 0.888. The molecule has 0 saturated heterocycles. The number of hydrogen-bond donors (Lipinski definition) is 2. The van der Waals surface area contributed by atoms with Crippen LogP contribution < -0.4 is 4.72 Å². The van der Waals surface area contributed by atoms with Crippen molar-refractivity contribution in [3.05, 3.63) is 48.5 Å². The monoisotopic (exact) mass is 268 g/mol. The van der Waals surface area contributed by atoms with Crippen LogP contribution in [-0.4, -0.2) is 18.5 Å². The molecule has 2 aromatic rings. The van der Waals surface area contributed by atoms with Crippen molar-refractivity contribution in [1.29, 1.82) is 0 Å². The minimum atomic E-state index is -3.94. The number of aromatic hydroxyl groups is 1. The summed E-state index contributed by atoms with van der Waals surface area (Å²) in [6.45, 7) is 0. The molecular formula is C11H9FN2O3S. The van der Waals surface area contributed by atoms with E-state index in [1.54, 1.807) is 0 Å². The SMILES string of the molecule is O=S(=O)(Nc1ccncc1F)c1cccc(O)c1. The van der Waals surface area contributed by atoms with Crippen molar-refractivity contribution in [3.8, 4) is 5.75 Å². The number of hydrogen-bond acceptors (Lipinski definition) is 4. The Kier molecular flexibility index (Phi) is 3.15. The normalized spacial score (nSPS) is 11.2. The number of rotatable bonds is 3. The Morgan fingerprint density at radius 3 is 2.72 bits per heavy atom. The van der Waals surface area contributed by atoms with Crippen molar-refractivity contribution < 1.29 is 17.9 Å². The van der Waals surface area contributed by atoms with Gasteiger partial charge in [0.2, 0.25) is 0 Å². The molecule has 2 N–H and O–H groups in total. The first-order valence-corrected chi connectivity index (χ1v) is 6.39. The van der Waals surface area contributed by atoms with Gasteiger partial charge in [-0.05, 0) is 18.2 Å². The molecule has 0 atom stereocenters. The van der Waals surface area contributed by atoms with E-state index in [4.69, 9.17) is 0 Å². The van der Waals surface area contributed by atoms with E-state index < -0.39 is 15.8 Å². The van der Waals surface area contributed by atoms with E-state index >= 15 is 0 Å². The minimum absolute atomic E-state index is 0.154. The summed E-state index contributed by atoms with van der Waals surface area (Å²) in [5, 5.41) is 9.22. The highest BCUT2D eigenvalue weighted by Crippen LogP contribution is 2.20. The summed E-state index contributed by atoms with van der Waals surface area (Å²) in [7, 11) is -3.94. The molecule has 0 saturated carbocycles. The van der Waals surface area contributed by atoms with E-state index in [1.165, 1.54) is 30.5 Å². The van der Waals surface area contributed by atoms with Crippen molar-refractivity contribution in [2.45, 2.75) is 4.90 Å². The van der Waals surface area contributed by atoms with Gasteiger partial charge in [0.1, 0.15) is 5.75 Å². The Labute approximate surface area is 103 Å². The zero-order chi connectivity index (χ0) is 13.2. The van der Waals surface area contributed by atoms with Gasteiger partial charge in [0.25, 0.3) is 10.0 Å². The summed E-state index contributed by atoms with van der Waals surface area (Å²) < 4.78 is 39.1. The molecule has 94 valence electrons. The summed E-state index contributed by atoms with van der Waals surface area (Å²) >= 11 is 0. The van der Waals surface area contributed by atoms with E-state index in [0.29, 0.717) is 0 Å². The molecule has 2 rings (SSSR count). The minimum Gasteiger partial charge on any atom is -0.508 e. The van der Waals surface area contributed by atoms with Gasteiger partial charge >= 0.3 is 0 Å². The molecule has 0 aliphatic heterocycles. The maximum atomic E-state index is 13.3. The molecule has 5 nitrogen and oxygen atoms in total. The number of halogens is 1. The molecule has 0 amide bonds. The molecule has 7 heteroatoms. The number of sulfonamides is 1. The number of benzene rings is 1. The van der Waals surface area contributed by atoms with E-state index in [9.17, 15) is 17.9 Å². The van der Waals surface area contributed by atoms with Crippen LogP contribution in [0.25, 0.3) is 0 Å². The van der Waals surface area contributed by atoms with E-state index in [0.717, 1.165) is 12.3 Å². The van der Waals surface area contributed by atoms with Crippen molar-refractivity contribution in [3.63, 3.8) is 0 Å². The summed E-state index contributed by atoms with van der Waals surface area (Å²) in [5.41, 5.74) is -0.201. The Morgan fingerprint density at radius 2 is 2.06 bits per heavy atom. The van der Waals surface area contributed by atoms with E-state index in [1.807, 2.05) is 0 Å². The average Bonchev–Trinajstić information content (AvgIpc) is 2.32. The van der Waals surface area contributed by atoms with Gasteiger partial charge in [-0.3, -0.25) is 9.71 Å². The number of pyridine rings is 1. The van der Waals surface area contributed by atoms with Crippen molar-refractivity contribution in [2.75, 3.05) is 4.72 Å². The second kappa shape index (κ2) is 4.61. The fraction of sp³-hybridized carbons (Fsp3) is 0. The van der Waals surface area contributed by atoms with E-state index in [-0.39, 0.29) is 16.3 Å². The molecule has 0 spiro atoms. The molecule has 0 bridgehead atoms. The van der Waals surface area contributed by atoms with Gasteiger partial charge in [-0.2, -0.15) is 0 Å². The molecule has 0 aliphatic rings. The number of phenolic OH excluding ortho intramolecular Hbond substituents is 1. The number of aromatic nitrogens is 1. The fourth-order valence-corrected chi connectivity index (χ4v) is 2.42. The standard InChI is InChI=1S/C11H9FN2O3S/c12-10-7-13-5-4-11(10)14-18(16,17)9-3-1-2-8(15)6-9/h1-7,15H,(H,13,14). The first-order valence-electron chi connectivity index (χ1n) is 4.90. The maximum Gasteiger partial charge on any atom is 0.262 e. The van der Waals surface area contributed by atoms with Crippen LogP contribution in [0.2, 0.25) is 0 Å². The lowest BCUT2D eigenvalue weighted by Crippen LogP contribution is -2.13. The fourth-order valence-electron chi connectivity index (χ4n) is 1.31. The van der Waals surface area contributed by atoms with Gasteiger partial charge in [0, 0.05) is 12.3 Å². The lowest BCUT2D eigenvalue weighted by atomic mass is 10.3. The highest BCUT2D eigenvalue weighted by Gasteiger charge is 2.16. The summed E-state index contributed by atoms with van der Waals surface area (Å²) in [4.78, 5) is 3.36. The highest BCUT2D eigenvalue weighted by molar-refractivity contribution is 7.92. The third-order valence-corrected chi connectivity index (χ3v) is 3.51. The summed E-state index contributed by atoms with van der Waals surface area (Å²) in [6.07, 6.45) is 2.17. The van der Waals surface area contributed by atoms with Crippen molar-refractivity contribution in [1.82, 2.24) is 4.98 Å². The van der Waals surface area contributed by atoms with Gasteiger partial charge in [0.15, 0.2) is 5.82 Å². The Hall–Kier alpha value is -2.15. The Balaban J connectivity index is 2.37. The molecule has 1 aromatic carbocycles. The molecule has 1 aromatic heterocycles. The van der Waals surface area contributed by atoms with Gasteiger partial charge < -0.3 is 5.11 Å². The lowest BCUT2D eigenvalue weighted by molar-refractivity contribution is 0.473. The van der Waals surface area contributed by atoms with Crippen LogP contribution in [0.3, 0.4) is 0 Å². The second-order valence-electron chi connectivity index (χ2n) is 3.46. The van der Waals surface area contributed by atoms with E-state index in [2.05, 4.69) is 9.71 Å². The third kappa shape index (κ3) is 2.57. The van der Waals surface area contributed by atoms with Crippen molar-refractivity contribution >= 4 is 15.7 Å². The van der Waals surface area contributed by atoms with Crippen LogP contribution in [0, 0.1) is 5.82 Å². The first-order chi connectivity index (χ1) is 8.49. The first kappa shape index (κ1) is 12.3. The third-order valence-electron chi connectivity index (χ3n) is 2.14. The van der Waals surface area contributed by atoms with Crippen LogP contribution in [0.5, 0.6) is 5.75 Å². The highest BCUT2D eigenvalue weighted by atomic mass is 32.2. The van der Waals surface area contributed by atoms with Crippen LogP contribution in [0.1, 0.15) is 0 Å². The van der Waals surface area contributed by atoms with Gasteiger partial charge in [0.05, 0.1) is 16.8 Å². The van der Waals surface area contributed by atoms with Gasteiger partial charge in [-0.15, -0.1) is 0 Å². The molecule has 0 radical (unpaired) electrons. The number of nitrogens with one attached hydrogen (secondary N) is 1. The topological polar surface area (TPSA) is 79.3 Å². The maximum absolute atomic E-state index is 13.3. The largest absolute Gasteiger partial charge is 0.508 e. The van der Waals surface area contributed by atoms with Crippen LogP contribution in [0.4, 0.5) is 10.1 Å². The molecule has 1 heterocycles. The Morgan fingerprint density at radius 1 is 1.28 bits per heavy atom. The average molecular weight is 268 g/mol. The van der Waals surface area contributed by atoms with Gasteiger partial charge in [-0.25, -0.2) is 12.8 Å². The number of phenols is 1. The molecular weight excluding hydrogens is 259 g/mol. The molecule has 0 fully saturated rings. The molecule has 0 aliphatic carbocycles.